The highest BCUT2D eigenvalue weighted by Crippen LogP contribution is 2.22. The van der Waals surface area contributed by atoms with E-state index in [1.165, 1.54) is 25.0 Å². The van der Waals surface area contributed by atoms with Crippen molar-refractivity contribution < 1.29 is 13.2 Å². The summed E-state index contributed by atoms with van der Waals surface area (Å²) in [7, 11) is -3.83. The van der Waals surface area contributed by atoms with E-state index >= 15 is 0 Å². The van der Waals surface area contributed by atoms with Crippen LogP contribution in [0.2, 0.25) is 0 Å². The van der Waals surface area contributed by atoms with E-state index in [-0.39, 0.29) is 4.90 Å². The van der Waals surface area contributed by atoms with E-state index < -0.39 is 16.1 Å². The number of amidine groups is 1. The minimum atomic E-state index is -3.83. The molecule has 1 aliphatic rings. The number of hydrogen-bond acceptors (Lipinski definition) is 5. The topological polar surface area (TPSA) is 132 Å². The van der Waals surface area contributed by atoms with E-state index in [1.54, 1.807) is 18.2 Å². The van der Waals surface area contributed by atoms with Crippen LogP contribution in [0.5, 0.6) is 0 Å². The fraction of sp³-hybridized carbons (Fsp3) is 0.440. The summed E-state index contributed by atoms with van der Waals surface area (Å²) in [6.07, 6.45) is 3.65. The number of carbonyl (C=O) groups excluding carboxylic acids is 1. The number of nitrogens with two attached hydrogens (primary N) is 1. The number of carbonyl (C=O) groups is 1. The second-order valence-electron chi connectivity index (χ2n) is 8.81. The highest BCUT2D eigenvalue weighted by molar-refractivity contribution is 7.89. The second kappa shape index (κ2) is 12.1. The number of benzene rings is 2. The van der Waals surface area contributed by atoms with E-state index in [1.807, 2.05) is 19.1 Å². The zero-order valence-corrected chi connectivity index (χ0v) is 21.3. The average Bonchev–Trinajstić information content (AvgIpc) is 2.82. The van der Waals surface area contributed by atoms with Crippen molar-refractivity contribution >= 4 is 33.3 Å². The van der Waals surface area contributed by atoms with Gasteiger partial charge in [0.05, 0.1) is 4.90 Å². The molecule has 2 amide bonds. The molecule has 0 aromatic heterocycles. The van der Waals surface area contributed by atoms with E-state index in [0.29, 0.717) is 29.2 Å². The normalized spacial score (nSPS) is 14.5. The number of primary sulfonamides is 1. The van der Waals surface area contributed by atoms with Crippen molar-refractivity contribution in [1.29, 1.82) is 5.41 Å². The first-order chi connectivity index (χ1) is 16.7. The monoisotopic (exact) mass is 500 g/mol. The van der Waals surface area contributed by atoms with Crippen LogP contribution in [0.1, 0.15) is 44.2 Å². The van der Waals surface area contributed by atoms with Crippen LogP contribution in [0.4, 0.5) is 16.2 Å². The molecule has 1 aliphatic heterocycles. The number of piperazine rings is 1. The van der Waals surface area contributed by atoms with Gasteiger partial charge in [-0.3, -0.25) is 10.3 Å². The molecule has 0 bridgehead atoms. The number of anilines is 2. The Bertz CT molecular complexity index is 1140. The number of aryl methyl sites for hydroxylation is 1. The fourth-order valence-electron chi connectivity index (χ4n) is 4.20. The van der Waals surface area contributed by atoms with Crippen molar-refractivity contribution in [3.63, 3.8) is 0 Å². The number of amides is 2. The van der Waals surface area contributed by atoms with Gasteiger partial charge in [0.25, 0.3) is 0 Å². The van der Waals surface area contributed by atoms with Gasteiger partial charge in [0.1, 0.15) is 5.84 Å². The Kier molecular flexibility index (Phi) is 9.25. The van der Waals surface area contributed by atoms with Crippen molar-refractivity contribution in [2.45, 2.75) is 44.4 Å². The first-order valence-corrected chi connectivity index (χ1v) is 13.7. The molecule has 1 fully saturated rings. The Morgan fingerprint density at radius 1 is 1.00 bits per heavy atom. The lowest BCUT2D eigenvalue weighted by atomic mass is 10.1. The van der Waals surface area contributed by atoms with Gasteiger partial charge in [-0.05, 0) is 55.3 Å². The van der Waals surface area contributed by atoms with Gasteiger partial charge in [0.15, 0.2) is 0 Å². The summed E-state index contributed by atoms with van der Waals surface area (Å²) in [6, 6.07) is 11.4. The summed E-state index contributed by atoms with van der Waals surface area (Å²) in [4.78, 5) is 17.2. The average molecular weight is 501 g/mol. The van der Waals surface area contributed by atoms with E-state index in [2.05, 4.69) is 27.4 Å². The molecule has 35 heavy (non-hydrogen) atoms. The molecule has 1 saturated heterocycles. The third-order valence-electron chi connectivity index (χ3n) is 6.05. The summed E-state index contributed by atoms with van der Waals surface area (Å²) in [5.41, 5.74) is 2.36. The van der Waals surface area contributed by atoms with Crippen LogP contribution in [0.3, 0.4) is 0 Å². The first-order valence-electron chi connectivity index (χ1n) is 12.1. The summed E-state index contributed by atoms with van der Waals surface area (Å²) in [5, 5.41) is 19.5. The number of nitrogens with one attached hydrogen (secondary N) is 3. The molecule has 3 rings (SSSR count). The third-order valence-corrected chi connectivity index (χ3v) is 7.07. The number of nitrogens with zero attached hydrogens (tertiary/aromatic N) is 2. The smallest absolute Gasteiger partial charge is 0.323 e. The quantitative estimate of drug-likeness (QED) is 0.308. The Hall–Kier alpha value is -2.95. The van der Waals surface area contributed by atoms with Crippen molar-refractivity contribution in [2.24, 2.45) is 5.14 Å². The number of unbranched alkanes of at least 4 members (excludes halogenated alkanes) is 1. The predicted molar refractivity (Wildman–Crippen MR) is 141 cm³/mol. The molecule has 0 atom stereocenters. The maximum Gasteiger partial charge on any atom is 0.323 e. The molecule has 2 aromatic carbocycles. The zero-order chi connectivity index (χ0) is 25.4. The number of urea groups is 1. The van der Waals surface area contributed by atoms with Gasteiger partial charge in [-0.1, -0.05) is 38.8 Å². The molecule has 0 unspecified atom stereocenters. The van der Waals surface area contributed by atoms with E-state index in [9.17, 15) is 13.2 Å². The van der Waals surface area contributed by atoms with Crippen LogP contribution in [-0.2, 0) is 16.4 Å². The fourth-order valence-corrected chi connectivity index (χ4v) is 4.98. The van der Waals surface area contributed by atoms with Gasteiger partial charge in [0, 0.05) is 43.1 Å². The van der Waals surface area contributed by atoms with Gasteiger partial charge in [-0.15, -0.1) is 0 Å². The van der Waals surface area contributed by atoms with Crippen LogP contribution in [0.15, 0.2) is 47.4 Å². The van der Waals surface area contributed by atoms with Gasteiger partial charge in [0.2, 0.25) is 10.0 Å². The zero-order valence-electron chi connectivity index (χ0n) is 20.5. The van der Waals surface area contributed by atoms with Gasteiger partial charge < -0.3 is 15.5 Å². The van der Waals surface area contributed by atoms with Crippen molar-refractivity contribution in [3.8, 4) is 0 Å². The standard InChI is InChI=1S/C25H36N6O3S/c1-3-5-12-30-13-15-31(16-14-30)24(26)20-8-6-9-21(18-20)28-25(32)29-22-10-11-23(35(27,33)34)19(17-22)7-4-2/h6,8-11,17-18,26H,3-5,7,12-16H2,1-2H3,(H2,27,33,34)(H2,28,29,32). The summed E-state index contributed by atoms with van der Waals surface area (Å²) in [6.45, 7) is 8.78. The highest BCUT2D eigenvalue weighted by Gasteiger charge is 2.20. The number of hydrogen-bond donors (Lipinski definition) is 4. The third kappa shape index (κ3) is 7.51. The Morgan fingerprint density at radius 3 is 2.31 bits per heavy atom. The molecular weight excluding hydrogens is 464 g/mol. The van der Waals surface area contributed by atoms with Crippen molar-refractivity contribution in [1.82, 2.24) is 9.80 Å². The molecule has 1 heterocycles. The number of sulfonamides is 1. The molecule has 2 aromatic rings. The molecule has 9 nitrogen and oxygen atoms in total. The van der Waals surface area contributed by atoms with Crippen LogP contribution in [-0.4, -0.2) is 62.8 Å². The second-order valence-corrected chi connectivity index (χ2v) is 10.3. The minimum absolute atomic E-state index is 0.0720. The summed E-state index contributed by atoms with van der Waals surface area (Å²) in [5.74, 6) is 0.451. The molecule has 0 aliphatic carbocycles. The summed E-state index contributed by atoms with van der Waals surface area (Å²) >= 11 is 0. The van der Waals surface area contributed by atoms with Crippen LogP contribution >= 0.6 is 0 Å². The van der Waals surface area contributed by atoms with Gasteiger partial charge >= 0.3 is 6.03 Å². The van der Waals surface area contributed by atoms with E-state index in [4.69, 9.17) is 10.5 Å². The maximum absolute atomic E-state index is 12.6. The predicted octanol–water partition coefficient (Wildman–Crippen LogP) is 3.67. The lowest BCUT2D eigenvalue weighted by Gasteiger charge is -2.36. The van der Waals surface area contributed by atoms with Crippen LogP contribution < -0.4 is 15.8 Å². The molecule has 0 saturated carbocycles. The lowest BCUT2D eigenvalue weighted by Crippen LogP contribution is -2.48. The van der Waals surface area contributed by atoms with E-state index in [0.717, 1.165) is 44.7 Å². The molecule has 5 N–H and O–H groups in total. The molecule has 10 heteroatoms. The van der Waals surface area contributed by atoms with Crippen LogP contribution in [0, 0.1) is 5.41 Å². The maximum atomic E-state index is 12.6. The molecule has 0 radical (unpaired) electrons. The Labute approximate surface area is 208 Å². The highest BCUT2D eigenvalue weighted by atomic mass is 32.2. The Morgan fingerprint density at radius 2 is 1.69 bits per heavy atom. The van der Waals surface area contributed by atoms with Crippen LogP contribution in [0.25, 0.3) is 0 Å². The summed E-state index contributed by atoms with van der Waals surface area (Å²) < 4.78 is 23.6. The Balaban J connectivity index is 1.62. The molecule has 190 valence electrons. The molecule has 0 spiro atoms. The largest absolute Gasteiger partial charge is 0.354 e. The minimum Gasteiger partial charge on any atom is -0.354 e. The van der Waals surface area contributed by atoms with Gasteiger partial charge in [-0.2, -0.15) is 0 Å². The first kappa shape index (κ1) is 26.7. The van der Waals surface area contributed by atoms with Gasteiger partial charge in [-0.25, -0.2) is 18.4 Å². The number of rotatable bonds is 9. The van der Waals surface area contributed by atoms with Crippen molar-refractivity contribution in [2.75, 3.05) is 43.4 Å². The SMILES string of the molecule is CCCCN1CCN(C(=N)c2cccc(NC(=O)Nc3ccc(S(N)(=O)=O)c(CCC)c3)c2)CC1. The van der Waals surface area contributed by atoms with Crippen molar-refractivity contribution in [3.05, 3.63) is 53.6 Å². The lowest BCUT2D eigenvalue weighted by molar-refractivity contribution is 0.180. The molecular formula is C25H36N6O3S.